The Morgan fingerprint density at radius 2 is 2.37 bits per heavy atom. The molecule has 0 radical (unpaired) electrons. The largest absolute Gasteiger partial charge is 0.250 e. The Morgan fingerprint density at radius 1 is 1.58 bits per heavy atom. The highest BCUT2D eigenvalue weighted by atomic mass is 35.5. The van der Waals surface area contributed by atoms with Crippen molar-refractivity contribution in [3.05, 3.63) is 12.2 Å². The van der Waals surface area contributed by atoms with Gasteiger partial charge in [0, 0.05) is 18.8 Å². The minimum Gasteiger partial charge on any atom is -0.250 e. The minimum absolute atomic E-state index is 0.161. The lowest BCUT2D eigenvalue weighted by Gasteiger charge is -2.19. The number of aryl methyl sites for hydroxylation is 1. The zero-order valence-corrected chi connectivity index (χ0v) is 12.7. The van der Waals surface area contributed by atoms with Crippen molar-refractivity contribution in [2.45, 2.75) is 32.7 Å². The standard InChI is InChI=1S/C12H20ClN3O2S/c1-2-4-16-12(14-9-15-16)6-11(7-13)10-3-5-19(17,18)8-10/h9-11H,2-8H2,1H3. The van der Waals surface area contributed by atoms with Crippen molar-refractivity contribution >= 4 is 21.4 Å². The molecule has 0 amide bonds. The van der Waals surface area contributed by atoms with E-state index in [0.717, 1.165) is 25.2 Å². The monoisotopic (exact) mass is 305 g/mol. The van der Waals surface area contributed by atoms with Crippen LogP contribution in [0.15, 0.2) is 6.33 Å². The molecule has 1 aliphatic heterocycles. The van der Waals surface area contributed by atoms with Gasteiger partial charge in [-0.1, -0.05) is 6.92 Å². The van der Waals surface area contributed by atoms with Gasteiger partial charge in [-0.3, -0.25) is 4.68 Å². The van der Waals surface area contributed by atoms with Crippen LogP contribution in [0.5, 0.6) is 0 Å². The van der Waals surface area contributed by atoms with Crippen LogP contribution in [0, 0.1) is 11.8 Å². The molecule has 2 unspecified atom stereocenters. The molecule has 0 spiro atoms. The molecular weight excluding hydrogens is 286 g/mol. The molecule has 0 aliphatic carbocycles. The smallest absolute Gasteiger partial charge is 0.150 e. The number of sulfone groups is 1. The summed E-state index contributed by atoms with van der Waals surface area (Å²) in [7, 11) is -2.85. The number of hydrogen-bond donors (Lipinski definition) is 0. The first-order valence-corrected chi connectivity index (χ1v) is 9.04. The normalized spacial score (nSPS) is 23.6. The van der Waals surface area contributed by atoms with Crippen molar-refractivity contribution in [3.8, 4) is 0 Å². The van der Waals surface area contributed by atoms with E-state index in [9.17, 15) is 8.42 Å². The van der Waals surface area contributed by atoms with E-state index in [-0.39, 0.29) is 17.6 Å². The van der Waals surface area contributed by atoms with E-state index in [1.165, 1.54) is 0 Å². The lowest BCUT2D eigenvalue weighted by atomic mass is 9.90. The molecule has 19 heavy (non-hydrogen) atoms. The molecule has 0 N–H and O–H groups in total. The molecular formula is C12H20ClN3O2S. The summed E-state index contributed by atoms with van der Waals surface area (Å²) < 4.78 is 25.0. The molecule has 1 saturated heterocycles. The van der Waals surface area contributed by atoms with Crippen LogP contribution in [-0.4, -0.2) is 40.6 Å². The van der Waals surface area contributed by atoms with Crippen LogP contribution in [0.2, 0.25) is 0 Å². The number of rotatable bonds is 6. The summed E-state index contributed by atoms with van der Waals surface area (Å²) >= 11 is 6.03. The van der Waals surface area contributed by atoms with Gasteiger partial charge < -0.3 is 0 Å². The molecule has 2 heterocycles. The van der Waals surface area contributed by atoms with E-state index in [1.807, 2.05) is 4.68 Å². The Morgan fingerprint density at radius 3 is 2.95 bits per heavy atom. The topological polar surface area (TPSA) is 64.8 Å². The molecule has 0 aromatic carbocycles. The summed E-state index contributed by atoms with van der Waals surface area (Å²) in [4.78, 5) is 4.27. The lowest BCUT2D eigenvalue weighted by molar-refractivity contribution is 0.381. The van der Waals surface area contributed by atoms with E-state index >= 15 is 0 Å². The molecule has 0 saturated carbocycles. The third-order valence-corrected chi connectivity index (χ3v) is 5.90. The molecule has 2 rings (SSSR count). The van der Waals surface area contributed by atoms with E-state index in [0.29, 0.717) is 18.1 Å². The third kappa shape index (κ3) is 3.69. The fourth-order valence-corrected chi connectivity index (χ4v) is 4.90. The second kappa shape index (κ2) is 6.22. The first-order chi connectivity index (χ1) is 9.05. The summed E-state index contributed by atoms with van der Waals surface area (Å²) in [6, 6.07) is 0. The number of halogens is 1. The summed E-state index contributed by atoms with van der Waals surface area (Å²) in [5, 5.41) is 4.19. The first-order valence-electron chi connectivity index (χ1n) is 6.68. The Balaban J connectivity index is 2.05. The molecule has 2 atom stereocenters. The van der Waals surface area contributed by atoms with Crippen LogP contribution in [0.3, 0.4) is 0 Å². The fraction of sp³-hybridized carbons (Fsp3) is 0.833. The predicted octanol–water partition coefficient (Wildman–Crippen LogP) is 1.52. The molecule has 1 aromatic rings. The maximum absolute atomic E-state index is 11.6. The molecule has 1 aromatic heterocycles. The average molecular weight is 306 g/mol. The highest BCUT2D eigenvalue weighted by Crippen LogP contribution is 2.29. The maximum Gasteiger partial charge on any atom is 0.150 e. The summed E-state index contributed by atoms with van der Waals surface area (Å²) in [5.41, 5.74) is 0. The average Bonchev–Trinajstić information content (AvgIpc) is 2.93. The first kappa shape index (κ1) is 14.8. The van der Waals surface area contributed by atoms with Gasteiger partial charge in [0.1, 0.15) is 12.2 Å². The third-order valence-electron chi connectivity index (χ3n) is 3.71. The minimum atomic E-state index is -2.85. The summed E-state index contributed by atoms with van der Waals surface area (Å²) in [6.45, 7) is 2.93. The van der Waals surface area contributed by atoms with Crippen molar-refractivity contribution in [3.63, 3.8) is 0 Å². The van der Waals surface area contributed by atoms with E-state index in [1.54, 1.807) is 6.33 Å². The van der Waals surface area contributed by atoms with Gasteiger partial charge in [-0.2, -0.15) is 5.10 Å². The van der Waals surface area contributed by atoms with Gasteiger partial charge in [-0.05, 0) is 24.7 Å². The molecule has 1 aliphatic rings. The Kier molecular flexibility index (Phi) is 4.84. The molecule has 1 fully saturated rings. The van der Waals surface area contributed by atoms with Crippen molar-refractivity contribution in [1.29, 1.82) is 0 Å². The molecule has 108 valence electrons. The summed E-state index contributed by atoms with van der Waals surface area (Å²) in [5.74, 6) is 2.28. The number of nitrogens with zero attached hydrogens (tertiary/aromatic N) is 3. The zero-order chi connectivity index (χ0) is 13.9. The van der Waals surface area contributed by atoms with Crippen molar-refractivity contribution < 1.29 is 8.42 Å². The van der Waals surface area contributed by atoms with Crippen LogP contribution in [0.25, 0.3) is 0 Å². The molecule has 7 heteroatoms. The second-order valence-electron chi connectivity index (χ2n) is 5.18. The Hall–Kier alpha value is -0.620. The number of hydrogen-bond acceptors (Lipinski definition) is 4. The maximum atomic E-state index is 11.6. The fourth-order valence-electron chi connectivity index (χ4n) is 2.62. The Labute approximate surface area is 119 Å². The lowest BCUT2D eigenvalue weighted by Crippen LogP contribution is -2.22. The van der Waals surface area contributed by atoms with Gasteiger partial charge in [0.05, 0.1) is 11.5 Å². The van der Waals surface area contributed by atoms with Crippen molar-refractivity contribution in [2.75, 3.05) is 17.4 Å². The van der Waals surface area contributed by atoms with Crippen LogP contribution in [0.1, 0.15) is 25.6 Å². The SMILES string of the molecule is CCCn1ncnc1CC(CCl)C1CCS(=O)(=O)C1. The van der Waals surface area contributed by atoms with Gasteiger partial charge in [0.2, 0.25) is 0 Å². The van der Waals surface area contributed by atoms with Gasteiger partial charge in [0.25, 0.3) is 0 Å². The van der Waals surface area contributed by atoms with Gasteiger partial charge >= 0.3 is 0 Å². The van der Waals surface area contributed by atoms with Crippen molar-refractivity contribution in [2.24, 2.45) is 11.8 Å². The van der Waals surface area contributed by atoms with Gasteiger partial charge in [-0.15, -0.1) is 11.6 Å². The van der Waals surface area contributed by atoms with Gasteiger partial charge in [0.15, 0.2) is 9.84 Å². The van der Waals surface area contributed by atoms with Gasteiger partial charge in [-0.25, -0.2) is 13.4 Å². The van der Waals surface area contributed by atoms with Crippen LogP contribution >= 0.6 is 11.6 Å². The molecule has 5 nitrogen and oxygen atoms in total. The Bertz CT molecular complexity index is 515. The van der Waals surface area contributed by atoms with E-state index < -0.39 is 9.84 Å². The summed E-state index contributed by atoms with van der Waals surface area (Å²) in [6.07, 6.45) is 3.99. The molecule has 0 bridgehead atoms. The quantitative estimate of drug-likeness (QED) is 0.748. The second-order valence-corrected chi connectivity index (χ2v) is 7.72. The predicted molar refractivity (Wildman–Crippen MR) is 75.0 cm³/mol. The number of alkyl halides is 1. The number of aromatic nitrogens is 3. The van der Waals surface area contributed by atoms with E-state index in [4.69, 9.17) is 11.6 Å². The zero-order valence-electron chi connectivity index (χ0n) is 11.1. The van der Waals surface area contributed by atoms with Crippen molar-refractivity contribution in [1.82, 2.24) is 14.8 Å². The van der Waals surface area contributed by atoms with Crippen LogP contribution in [0.4, 0.5) is 0 Å². The highest BCUT2D eigenvalue weighted by molar-refractivity contribution is 7.91. The van der Waals surface area contributed by atoms with Crippen LogP contribution < -0.4 is 0 Å². The van der Waals surface area contributed by atoms with Crippen LogP contribution in [-0.2, 0) is 22.8 Å². The van der Waals surface area contributed by atoms with E-state index in [2.05, 4.69) is 17.0 Å². The highest BCUT2D eigenvalue weighted by Gasteiger charge is 2.33.